The Hall–Kier alpha value is -0.243. The summed E-state index contributed by atoms with van der Waals surface area (Å²) in [6, 6.07) is 0. The van der Waals surface area contributed by atoms with Crippen LogP contribution in [-0.4, -0.2) is 9.04 Å². The van der Waals surface area contributed by atoms with E-state index in [0.717, 1.165) is 6.42 Å². The predicted molar refractivity (Wildman–Crippen MR) is 78.7 cm³/mol. The quantitative estimate of drug-likeness (QED) is 0.638. The first kappa shape index (κ1) is 14.8. The molecule has 0 saturated carbocycles. The Bertz CT molecular complexity index is 250. The number of allylic oxidation sites excluding steroid dienone is 2. The highest BCUT2D eigenvalue weighted by molar-refractivity contribution is 6.48. The fraction of sp³-hybridized carbons (Fsp3) is 0.867. The molecule has 0 saturated heterocycles. The molecular formula is C15H30OSi. The third kappa shape index (κ3) is 5.76. The van der Waals surface area contributed by atoms with Crippen LogP contribution in [0, 0.1) is 11.3 Å². The molecule has 0 aromatic heterocycles. The van der Waals surface area contributed by atoms with Gasteiger partial charge in [0.1, 0.15) is 0 Å². The topological polar surface area (TPSA) is 9.23 Å². The van der Waals surface area contributed by atoms with Gasteiger partial charge in [-0.05, 0) is 43.3 Å². The van der Waals surface area contributed by atoms with E-state index >= 15 is 0 Å². The average Bonchev–Trinajstić information content (AvgIpc) is 2.27. The largest absolute Gasteiger partial charge is 0.550 e. The first-order valence-corrected chi connectivity index (χ1v) is 10.0. The van der Waals surface area contributed by atoms with E-state index in [0.29, 0.717) is 11.3 Å². The lowest BCUT2D eigenvalue weighted by Gasteiger charge is -2.29. The van der Waals surface area contributed by atoms with Crippen molar-refractivity contribution in [1.29, 1.82) is 0 Å². The van der Waals surface area contributed by atoms with Crippen molar-refractivity contribution >= 4 is 9.04 Å². The molecule has 2 heteroatoms. The Morgan fingerprint density at radius 2 is 1.76 bits per heavy atom. The summed E-state index contributed by atoms with van der Waals surface area (Å²) in [6.45, 7) is 11.6. The first-order chi connectivity index (χ1) is 7.89. The van der Waals surface area contributed by atoms with E-state index in [1.807, 2.05) is 0 Å². The summed E-state index contributed by atoms with van der Waals surface area (Å²) < 4.78 is 6.11. The fourth-order valence-electron chi connectivity index (χ4n) is 2.49. The maximum absolute atomic E-state index is 6.11. The molecule has 1 aliphatic rings. The first-order valence-electron chi connectivity index (χ1n) is 7.27. The minimum atomic E-state index is -0.943. The van der Waals surface area contributed by atoms with Crippen LogP contribution >= 0.6 is 0 Å². The molecule has 0 radical (unpaired) electrons. The highest BCUT2D eigenvalue weighted by atomic mass is 28.3. The van der Waals surface area contributed by atoms with E-state index in [9.17, 15) is 0 Å². The van der Waals surface area contributed by atoms with Crippen LogP contribution < -0.4 is 0 Å². The zero-order valence-electron chi connectivity index (χ0n) is 12.4. The molecular weight excluding hydrogens is 224 g/mol. The van der Waals surface area contributed by atoms with Crippen molar-refractivity contribution in [3.63, 3.8) is 0 Å². The SMILES string of the molecule is C[SiH](C)OC1=CC(C(C)(C)C)CCCCCC1. The Morgan fingerprint density at radius 3 is 2.35 bits per heavy atom. The van der Waals surface area contributed by atoms with Crippen LogP contribution in [0.4, 0.5) is 0 Å². The second-order valence-electron chi connectivity index (χ2n) is 6.72. The van der Waals surface area contributed by atoms with Gasteiger partial charge in [0.15, 0.2) is 0 Å². The maximum atomic E-state index is 6.11. The summed E-state index contributed by atoms with van der Waals surface area (Å²) in [4.78, 5) is 0. The number of rotatable bonds is 2. The van der Waals surface area contributed by atoms with Crippen LogP contribution in [0.5, 0.6) is 0 Å². The summed E-state index contributed by atoms with van der Waals surface area (Å²) >= 11 is 0. The molecule has 1 unspecified atom stereocenters. The van der Waals surface area contributed by atoms with Crippen LogP contribution in [0.25, 0.3) is 0 Å². The molecule has 1 nitrogen and oxygen atoms in total. The monoisotopic (exact) mass is 254 g/mol. The van der Waals surface area contributed by atoms with Crippen molar-refractivity contribution in [1.82, 2.24) is 0 Å². The zero-order valence-corrected chi connectivity index (χ0v) is 13.5. The standard InChI is InChI=1S/C15H30OSi/c1-15(2,3)13-10-8-6-7-9-11-14(12-13)16-17(4)5/h12-13,17H,6-11H2,1-5H3. The van der Waals surface area contributed by atoms with Crippen molar-refractivity contribution in [3.8, 4) is 0 Å². The maximum Gasteiger partial charge on any atom is 0.229 e. The van der Waals surface area contributed by atoms with Gasteiger partial charge in [0.05, 0.1) is 5.76 Å². The van der Waals surface area contributed by atoms with Gasteiger partial charge in [0.25, 0.3) is 0 Å². The molecule has 0 heterocycles. The smallest absolute Gasteiger partial charge is 0.229 e. The molecule has 100 valence electrons. The van der Waals surface area contributed by atoms with Crippen LogP contribution in [0.1, 0.15) is 59.3 Å². The van der Waals surface area contributed by atoms with Crippen molar-refractivity contribution in [2.75, 3.05) is 0 Å². The van der Waals surface area contributed by atoms with Crippen molar-refractivity contribution < 1.29 is 4.43 Å². The Labute approximate surface area is 109 Å². The Balaban J connectivity index is 2.79. The predicted octanol–water partition coefficient (Wildman–Crippen LogP) is 4.89. The third-order valence-corrected chi connectivity index (χ3v) is 4.35. The van der Waals surface area contributed by atoms with Crippen LogP contribution in [-0.2, 0) is 4.43 Å². The van der Waals surface area contributed by atoms with E-state index in [4.69, 9.17) is 4.43 Å². The summed E-state index contributed by atoms with van der Waals surface area (Å²) in [5, 5.41) is 0. The summed E-state index contributed by atoms with van der Waals surface area (Å²) in [7, 11) is -0.943. The minimum absolute atomic E-state index is 0.373. The van der Waals surface area contributed by atoms with E-state index in [1.54, 1.807) is 0 Å². The normalized spacial score (nSPS) is 23.6. The molecule has 1 atom stereocenters. The van der Waals surface area contributed by atoms with Gasteiger partial charge < -0.3 is 4.43 Å². The molecule has 17 heavy (non-hydrogen) atoms. The lowest BCUT2D eigenvalue weighted by Crippen LogP contribution is -2.19. The van der Waals surface area contributed by atoms with Crippen LogP contribution in [0.2, 0.25) is 13.1 Å². The third-order valence-electron chi connectivity index (χ3n) is 3.57. The average molecular weight is 254 g/mol. The molecule has 0 N–H and O–H groups in total. The van der Waals surface area contributed by atoms with Crippen molar-refractivity contribution in [2.24, 2.45) is 11.3 Å². The van der Waals surface area contributed by atoms with Crippen LogP contribution in [0.15, 0.2) is 11.8 Å². The van der Waals surface area contributed by atoms with Gasteiger partial charge in [0.2, 0.25) is 9.04 Å². The van der Waals surface area contributed by atoms with Gasteiger partial charge in [-0.2, -0.15) is 0 Å². The lowest BCUT2D eigenvalue weighted by molar-refractivity contribution is 0.265. The summed E-state index contributed by atoms with van der Waals surface area (Å²) in [6.07, 6.45) is 10.4. The molecule has 0 spiro atoms. The summed E-state index contributed by atoms with van der Waals surface area (Å²) in [5.74, 6) is 1.98. The van der Waals surface area contributed by atoms with Gasteiger partial charge >= 0.3 is 0 Å². The van der Waals surface area contributed by atoms with Gasteiger partial charge in [-0.25, -0.2) is 0 Å². The highest BCUT2D eigenvalue weighted by Crippen LogP contribution is 2.34. The van der Waals surface area contributed by atoms with Gasteiger partial charge in [-0.3, -0.25) is 0 Å². The van der Waals surface area contributed by atoms with E-state index in [-0.39, 0.29) is 0 Å². The molecule has 0 bridgehead atoms. The Morgan fingerprint density at radius 1 is 1.12 bits per heavy atom. The second kappa shape index (κ2) is 6.63. The molecule has 0 aromatic rings. The lowest BCUT2D eigenvalue weighted by atomic mass is 9.77. The molecule has 0 aliphatic heterocycles. The molecule has 0 aromatic carbocycles. The van der Waals surface area contributed by atoms with E-state index < -0.39 is 9.04 Å². The van der Waals surface area contributed by atoms with Gasteiger partial charge in [0, 0.05) is 6.42 Å². The molecule has 1 rings (SSSR count). The van der Waals surface area contributed by atoms with Gasteiger partial charge in [-0.15, -0.1) is 0 Å². The molecule has 0 fully saturated rings. The van der Waals surface area contributed by atoms with E-state index in [1.165, 1.54) is 37.9 Å². The highest BCUT2D eigenvalue weighted by Gasteiger charge is 2.23. The summed E-state index contributed by atoms with van der Waals surface area (Å²) in [5.41, 5.74) is 0.373. The van der Waals surface area contributed by atoms with Crippen molar-refractivity contribution in [3.05, 3.63) is 11.8 Å². The number of hydrogen-bond acceptors (Lipinski definition) is 1. The molecule has 0 amide bonds. The zero-order chi connectivity index (χ0) is 12.9. The second-order valence-corrected chi connectivity index (χ2v) is 9.06. The molecule has 1 aliphatic carbocycles. The minimum Gasteiger partial charge on any atom is -0.550 e. The van der Waals surface area contributed by atoms with E-state index in [2.05, 4.69) is 39.9 Å². The van der Waals surface area contributed by atoms with Crippen LogP contribution in [0.3, 0.4) is 0 Å². The van der Waals surface area contributed by atoms with Crippen molar-refractivity contribution in [2.45, 2.75) is 72.4 Å². The Kier molecular flexibility index (Phi) is 5.77. The fourth-order valence-corrected chi connectivity index (χ4v) is 3.29. The number of hydrogen-bond donors (Lipinski definition) is 0. The van der Waals surface area contributed by atoms with Gasteiger partial charge in [-0.1, -0.05) is 40.0 Å².